The van der Waals surface area contributed by atoms with Gasteiger partial charge in [-0.15, -0.1) is 0 Å². The van der Waals surface area contributed by atoms with Gasteiger partial charge in [-0.2, -0.15) is 4.98 Å². The Morgan fingerprint density at radius 3 is 1.96 bits per heavy atom. The molecule has 28 heavy (non-hydrogen) atoms. The minimum atomic E-state index is -0.435. The summed E-state index contributed by atoms with van der Waals surface area (Å²) in [4.78, 5) is 14.9. The largest absolute Gasteiger partial charge is 0.339 e. The molecule has 0 bridgehead atoms. The molecule has 4 aromatic rings. The van der Waals surface area contributed by atoms with Crippen LogP contribution in [0.2, 0.25) is 0 Å². The lowest BCUT2D eigenvalue weighted by Crippen LogP contribution is -2.05. The Hall–Kier alpha value is -3.80. The summed E-state index contributed by atoms with van der Waals surface area (Å²) in [6.07, 6.45) is 0.564. The van der Waals surface area contributed by atoms with E-state index in [9.17, 15) is 10.1 Å². The molecule has 0 aliphatic heterocycles. The molecule has 0 atom stereocenters. The summed E-state index contributed by atoms with van der Waals surface area (Å²) >= 11 is 0. The van der Waals surface area contributed by atoms with Crippen LogP contribution in [-0.4, -0.2) is 15.1 Å². The molecule has 0 spiro atoms. The monoisotopic (exact) mass is 371 g/mol. The summed E-state index contributed by atoms with van der Waals surface area (Å²) in [6, 6.07) is 26.5. The van der Waals surface area contributed by atoms with Gasteiger partial charge >= 0.3 is 0 Å². The maximum atomic E-state index is 10.8. The van der Waals surface area contributed by atoms with Gasteiger partial charge in [-0.3, -0.25) is 10.1 Å². The Labute approximate surface area is 161 Å². The van der Waals surface area contributed by atoms with Gasteiger partial charge in [-0.05, 0) is 23.3 Å². The van der Waals surface area contributed by atoms with Crippen molar-refractivity contribution in [1.82, 2.24) is 10.1 Å². The molecule has 1 aromatic heterocycles. The molecule has 0 N–H and O–H groups in total. The number of rotatable bonds is 6. The second kappa shape index (κ2) is 7.84. The zero-order valence-electron chi connectivity index (χ0n) is 14.9. The van der Waals surface area contributed by atoms with E-state index < -0.39 is 4.92 Å². The molecule has 0 radical (unpaired) electrons. The fourth-order valence-corrected chi connectivity index (χ4v) is 3.16. The average molecular weight is 371 g/mol. The molecule has 0 unspecified atom stereocenters. The molecule has 6 heteroatoms. The Balaban J connectivity index is 1.61. The zero-order chi connectivity index (χ0) is 19.3. The van der Waals surface area contributed by atoms with E-state index in [1.165, 1.54) is 23.3 Å². The van der Waals surface area contributed by atoms with Crippen LogP contribution in [0.1, 0.15) is 22.9 Å². The second-order valence-corrected chi connectivity index (χ2v) is 6.39. The van der Waals surface area contributed by atoms with Gasteiger partial charge in [-0.25, -0.2) is 0 Å². The van der Waals surface area contributed by atoms with Crippen molar-refractivity contribution in [2.24, 2.45) is 0 Å². The molecule has 0 aliphatic carbocycles. The predicted octanol–water partition coefficient (Wildman–Crippen LogP) is 5.02. The molecule has 0 saturated carbocycles. The maximum Gasteiger partial charge on any atom is 0.269 e. The number of aromatic nitrogens is 2. The van der Waals surface area contributed by atoms with Crippen LogP contribution in [0.3, 0.4) is 0 Å². The first-order chi connectivity index (χ1) is 13.7. The smallest absolute Gasteiger partial charge is 0.269 e. The summed E-state index contributed by atoms with van der Waals surface area (Å²) in [5.74, 6) is 1.03. The van der Waals surface area contributed by atoms with Crippen LogP contribution < -0.4 is 0 Å². The first-order valence-electron chi connectivity index (χ1n) is 8.88. The van der Waals surface area contributed by atoms with Gasteiger partial charge in [0.2, 0.25) is 11.7 Å². The number of non-ortho nitro benzene ring substituents is 1. The third-order valence-corrected chi connectivity index (χ3v) is 4.59. The van der Waals surface area contributed by atoms with E-state index in [4.69, 9.17) is 4.52 Å². The zero-order valence-corrected chi connectivity index (χ0v) is 14.9. The van der Waals surface area contributed by atoms with Crippen molar-refractivity contribution in [2.45, 2.75) is 12.3 Å². The summed E-state index contributed by atoms with van der Waals surface area (Å²) in [7, 11) is 0. The minimum Gasteiger partial charge on any atom is -0.339 e. The summed E-state index contributed by atoms with van der Waals surface area (Å²) < 4.78 is 5.48. The van der Waals surface area contributed by atoms with Crippen molar-refractivity contribution in [3.8, 4) is 11.4 Å². The van der Waals surface area contributed by atoms with Gasteiger partial charge in [0.25, 0.3) is 5.69 Å². The molecule has 4 rings (SSSR count). The molecular formula is C22H17N3O3. The van der Waals surface area contributed by atoms with E-state index in [0.29, 0.717) is 23.7 Å². The minimum absolute atomic E-state index is 0.0284. The van der Waals surface area contributed by atoms with Crippen LogP contribution >= 0.6 is 0 Å². The lowest BCUT2D eigenvalue weighted by Gasteiger charge is -2.16. The highest BCUT2D eigenvalue weighted by molar-refractivity contribution is 5.56. The normalized spacial score (nSPS) is 10.9. The van der Waals surface area contributed by atoms with Crippen molar-refractivity contribution >= 4 is 5.69 Å². The first-order valence-corrected chi connectivity index (χ1v) is 8.88. The first kappa shape index (κ1) is 17.6. The van der Waals surface area contributed by atoms with Crippen LogP contribution in [0.4, 0.5) is 5.69 Å². The van der Waals surface area contributed by atoms with E-state index in [2.05, 4.69) is 34.4 Å². The molecule has 0 amide bonds. The quantitative estimate of drug-likeness (QED) is 0.351. The molecule has 0 fully saturated rings. The van der Waals surface area contributed by atoms with E-state index in [1.54, 1.807) is 12.1 Å². The van der Waals surface area contributed by atoms with Crippen LogP contribution in [0.15, 0.2) is 89.5 Å². The number of benzene rings is 3. The third kappa shape index (κ3) is 3.81. The summed E-state index contributed by atoms with van der Waals surface area (Å²) in [5.41, 5.74) is 3.05. The number of nitrogens with zero attached hydrogens (tertiary/aromatic N) is 3. The van der Waals surface area contributed by atoms with Crippen molar-refractivity contribution in [1.29, 1.82) is 0 Å². The van der Waals surface area contributed by atoms with Gasteiger partial charge in [0.05, 0.1) is 4.92 Å². The highest BCUT2D eigenvalue weighted by Gasteiger charge is 2.19. The highest BCUT2D eigenvalue weighted by atomic mass is 16.6. The van der Waals surface area contributed by atoms with E-state index in [-0.39, 0.29) is 11.6 Å². The average Bonchev–Trinajstić information content (AvgIpc) is 3.22. The SMILES string of the molecule is O=[N+]([O-])c1ccc(-c2noc(CC(c3ccccc3)c3ccccc3)n2)cc1. The molecule has 0 aliphatic rings. The van der Waals surface area contributed by atoms with Gasteiger partial charge in [0, 0.05) is 30.0 Å². The lowest BCUT2D eigenvalue weighted by molar-refractivity contribution is -0.384. The molecule has 6 nitrogen and oxygen atoms in total. The van der Waals surface area contributed by atoms with E-state index in [0.717, 1.165) is 0 Å². The molecular weight excluding hydrogens is 354 g/mol. The van der Waals surface area contributed by atoms with Gasteiger partial charge < -0.3 is 4.52 Å². The lowest BCUT2D eigenvalue weighted by atomic mass is 9.88. The van der Waals surface area contributed by atoms with Crippen molar-refractivity contribution in [3.05, 3.63) is 112 Å². The molecule has 138 valence electrons. The summed E-state index contributed by atoms with van der Waals surface area (Å²) in [6.45, 7) is 0. The van der Waals surface area contributed by atoms with E-state index >= 15 is 0 Å². The molecule has 0 saturated heterocycles. The Kier molecular flexibility index (Phi) is 4.93. The second-order valence-electron chi connectivity index (χ2n) is 6.39. The Morgan fingerprint density at radius 1 is 0.857 bits per heavy atom. The topological polar surface area (TPSA) is 82.1 Å². The Bertz CT molecular complexity index is 1020. The van der Waals surface area contributed by atoms with Crippen LogP contribution in [0.25, 0.3) is 11.4 Å². The number of nitro benzene ring substituents is 1. The van der Waals surface area contributed by atoms with Crippen molar-refractivity contribution in [3.63, 3.8) is 0 Å². The fourth-order valence-electron chi connectivity index (χ4n) is 3.16. The maximum absolute atomic E-state index is 10.8. The molecule has 1 heterocycles. The van der Waals surface area contributed by atoms with Crippen LogP contribution in [0, 0.1) is 10.1 Å². The van der Waals surface area contributed by atoms with Crippen molar-refractivity contribution in [2.75, 3.05) is 0 Å². The number of nitro groups is 1. The van der Waals surface area contributed by atoms with Crippen LogP contribution in [0.5, 0.6) is 0 Å². The predicted molar refractivity (Wildman–Crippen MR) is 105 cm³/mol. The fraction of sp³-hybridized carbons (Fsp3) is 0.0909. The standard InChI is InChI=1S/C22H17N3O3/c26-25(27)19-13-11-18(12-14-19)22-23-21(28-24-22)15-20(16-7-3-1-4-8-16)17-9-5-2-6-10-17/h1-14,20H,15H2. The van der Waals surface area contributed by atoms with Gasteiger partial charge in [0.15, 0.2) is 0 Å². The van der Waals surface area contributed by atoms with E-state index in [1.807, 2.05) is 36.4 Å². The molecule has 3 aromatic carbocycles. The summed E-state index contributed by atoms with van der Waals surface area (Å²) in [5, 5.41) is 14.8. The highest BCUT2D eigenvalue weighted by Crippen LogP contribution is 2.29. The van der Waals surface area contributed by atoms with Crippen LogP contribution in [-0.2, 0) is 6.42 Å². The number of hydrogen-bond acceptors (Lipinski definition) is 5. The number of hydrogen-bond donors (Lipinski definition) is 0. The van der Waals surface area contributed by atoms with Crippen molar-refractivity contribution < 1.29 is 9.45 Å². The Morgan fingerprint density at radius 2 is 1.43 bits per heavy atom. The third-order valence-electron chi connectivity index (χ3n) is 4.59. The van der Waals surface area contributed by atoms with Gasteiger partial charge in [0.1, 0.15) is 0 Å². The van der Waals surface area contributed by atoms with Gasteiger partial charge in [-0.1, -0.05) is 65.8 Å².